The Kier molecular flexibility index (Phi) is 4.22. The first-order valence-electron chi connectivity index (χ1n) is 5.44. The summed E-state index contributed by atoms with van der Waals surface area (Å²) in [5, 5.41) is 3.82. The van der Waals surface area contributed by atoms with Crippen LogP contribution in [-0.4, -0.2) is 40.2 Å². The highest BCUT2D eigenvalue weighted by molar-refractivity contribution is 5.71. The number of esters is 1. The van der Waals surface area contributed by atoms with Crippen LogP contribution in [0.4, 0.5) is 0 Å². The third-order valence-electron chi connectivity index (χ3n) is 2.40. The van der Waals surface area contributed by atoms with Crippen LogP contribution in [0.5, 0.6) is 0 Å². The lowest BCUT2D eigenvalue weighted by Crippen LogP contribution is -2.44. The zero-order chi connectivity index (χ0) is 13.1. The van der Waals surface area contributed by atoms with Gasteiger partial charge in [-0.2, -0.15) is 4.98 Å². The molecule has 0 aliphatic rings. The van der Waals surface area contributed by atoms with Crippen molar-refractivity contribution in [2.24, 2.45) is 0 Å². The minimum absolute atomic E-state index is 0.178. The summed E-state index contributed by atoms with van der Waals surface area (Å²) in [5.41, 5.74) is -0.178. The molecule has 1 rings (SSSR count). The third kappa shape index (κ3) is 4.14. The molecule has 0 aliphatic carbocycles. The van der Waals surface area contributed by atoms with Crippen LogP contribution in [0.15, 0.2) is 4.52 Å². The molecule has 6 nitrogen and oxygen atoms in total. The van der Waals surface area contributed by atoms with Gasteiger partial charge in [-0.25, -0.2) is 0 Å². The number of hydrogen-bond acceptors (Lipinski definition) is 6. The van der Waals surface area contributed by atoms with Crippen LogP contribution in [0.3, 0.4) is 0 Å². The molecule has 0 spiro atoms. The molecule has 0 unspecified atom stereocenters. The Hall–Kier alpha value is -1.43. The molecule has 0 saturated carbocycles. The number of carbonyl (C=O) groups is 1. The number of methoxy groups -OCH3 is 1. The van der Waals surface area contributed by atoms with Crippen molar-refractivity contribution in [2.75, 3.05) is 13.7 Å². The van der Waals surface area contributed by atoms with Crippen molar-refractivity contribution in [3.05, 3.63) is 11.7 Å². The van der Waals surface area contributed by atoms with E-state index in [1.54, 1.807) is 6.92 Å². The van der Waals surface area contributed by atoms with E-state index in [2.05, 4.69) is 14.9 Å². The van der Waals surface area contributed by atoms with Crippen molar-refractivity contribution in [3.63, 3.8) is 0 Å². The lowest BCUT2D eigenvalue weighted by molar-refractivity contribution is -0.143. The number of aromatic nitrogens is 2. The first-order chi connectivity index (χ1) is 7.82. The van der Waals surface area contributed by atoms with E-state index < -0.39 is 0 Å². The number of ether oxygens (including phenoxy) is 1. The van der Waals surface area contributed by atoms with Gasteiger partial charge in [0.05, 0.1) is 20.2 Å². The van der Waals surface area contributed by atoms with E-state index in [4.69, 9.17) is 4.52 Å². The number of nitrogens with zero attached hydrogens (tertiary/aromatic N) is 3. The largest absolute Gasteiger partial charge is 0.468 e. The summed E-state index contributed by atoms with van der Waals surface area (Å²) >= 11 is 0. The SMILES string of the molecule is COC(=O)CN(Cc1noc(C)n1)C(C)(C)C. The molecular formula is C11H19N3O3. The van der Waals surface area contributed by atoms with Crippen LogP contribution in [-0.2, 0) is 16.1 Å². The number of aryl methyl sites for hydroxylation is 1. The molecule has 1 aromatic heterocycles. The second-order valence-corrected chi connectivity index (χ2v) is 4.83. The van der Waals surface area contributed by atoms with Crippen molar-refractivity contribution >= 4 is 5.97 Å². The van der Waals surface area contributed by atoms with Crippen molar-refractivity contribution in [3.8, 4) is 0 Å². The summed E-state index contributed by atoms with van der Waals surface area (Å²) < 4.78 is 9.58. The van der Waals surface area contributed by atoms with E-state index >= 15 is 0 Å². The maximum absolute atomic E-state index is 11.3. The Morgan fingerprint density at radius 3 is 2.53 bits per heavy atom. The highest BCUT2D eigenvalue weighted by Gasteiger charge is 2.25. The first-order valence-corrected chi connectivity index (χ1v) is 5.44. The zero-order valence-electron chi connectivity index (χ0n) is 11.0. The molecule has 0 fully saturated rings. The Morgan fingerprint density at radius 1 is 1.47 bits per heavy atom. The quantitative estimate of drug-likeness (QED) is 0.737. The summed E-state index contributed by atoms with van der Waals surface area (Å²) in [6.07, 6.45) is 0. The van der Waals surface area contributed by atoms with E-state index in [1.807, 2.05) is 25.7 Å². The van der Waals surface area contributed by atoms with E-state index in [0.29, 0.717) is 18.3 Å². The van der Waals surface area contributed by atoms with Crippen LogP contribution in [0, 0.1) is 6.92 Å². The molecule has 17 heavy (non-hydrogen) atoms. The van der Waals surface area contributed by atoms with E-state index in [9.17, 15) is 4.79 Å². The molecule has 0 radical (unpaired) electrons. The Bertz CT molecular complexity index is 382. The maximum atomic E-state index is 11.3. The fourth-order valence-electron chi connectivity index (χ4n) is 1.33. The molecular weight excluding hydrogens is 222 g/mol. The van der Waals surface area contributed by atoms with Gasteiger partial charge in [0.2, 0.25) is 5.89 Å². The van der Waals surface area contributed by atoms with Gasteiger partial charge >= 0.3 is 5.97 Å². The second kappa shape index (κ2) is 5.27. The van der Waals surface area contributed by atoms with Gasteiger partial charge in [-0.1, -0.05) is 5.16 Å². The van der Waals surface area contributed by atoms with Crippen molar-refractivity contribution < 1.29 is 14.1 Å². The third-order valence-corrected chi connectivity index (χ3v) is 2.40. The van der Waals surface area contributed by atoms with Crippen molar-refractivity contribution in [1.29, 1.82) is 0 Å². The normalized spacial score (nSPS) is 11.9. The maximum Gasteiger partial charge on any atom is 0.319 e. The standard InChI is InChI=1S/C11H19N3O3/c1-8-12-9(13-17-8)6-14(11(2,3)4)7-10(15)16-5/h6-7H2,1-5H3. The van der Waals surface area contributed by atoms with Gasteiger partial charge in [0.25, 0.3) is 0 Å². The van der Waals surface area contributed by atoms with E-state index in [-0.39, 0.29) is 18.1 Å². The Labute approximate surface area is 101 Å². The first kappa shape index (κ1) is 13.6. The minimum Gasteiger partial charge on any atom is -0.468 e. The summed E-state index contributed by atoms with van der Waals surface area (Å²) in [6.45, 7) is 8.44. The van der Waals surface area contributed by atoms with Crippen molar-refractivity contribution in [1.82, 2.24) is 15.0 Å². The van der Waals surface area contributed by atoms with Gasteiger partial charge in [-0.3, -0.25) is 9.69 Å². The number of rotatable bonds is 4. The molecule has 0 N–H and O–H groups in total. The summed E-state index contributed by atoms with van der Waals surface area (Å²) in [4.78, 5) is 17.4. The zero-order valence-corrected chi connectivity index (χ0v) is 11.0. The highest BCUT2D eigenvalue weighted by Crippen LogP contribution is 2.15. The second-order valence-electron chi connectivity index (χ2n) is 4.83. The lowest BCUT2D eigenvalue weighted by Gasteiger charge is -2.33. The molecule has 0 atom stereocenters. The Balaban J connectivity index is 2.74. The smallest absolute Gasteiger partial charge is 0.319 e. The van der Waals surface area contributed by atoms with E-state index in [0.717, 1.165) is 0 Å². The van der Waals surface area contributed by atoms with Crippen LogP contribution in [0.1, 0.15) is 32.5 Å². The van der Waals surface area contributed by atoms with Crippen LogP contribution in [0.25, 0.3) is 0 Å². The van der Waals surface area contributed by atoms with Crippen molar-refractivity contribution in [2.45, 2.75) is 39.8 Å². The van der Waals surface area contributed by atoms with Gasteiger partial charge in [-0.05, 0) is 20.8 Å². The molecule has 1 aromatic rings. The highest BCUT2D eigenvalue weighted by atomic mass is 16.5. The minimum atomic E-state index is -0.278. The summed E-state index contributed by atoms with van der Waals surface area (Å²) in [5.74, 6) is 0.813. The summed E-state index contributed by atoms with van der Waals surface area (Å²) in [7, 11) is 1.38. The van der Waals surface area contributed by atoms with Gasteiger partial charge in [0.1, 0.15) is 0 Å². The fourth-order valence-corrected chi connectivity index (χ4v) is 1.33. The van der Waals surface area contributed by atoms with Gasteiger partial charge in [-0.15, -0.1) is 0 Å². The predicted octanol–water partition coefficient (Wildman–Crippen LogP) is 1.15. The molecule has 0 bridgehead atoms. The molecule has 0 aromatic carbocycles. The van der Waals surface area contributed by atoms with Crippen LogP contribution in [0.2, 0.25) is 0 Å². The topological polar surface area (TPSA) is 68.5 Å². The van der Waals surface area contributed by atoms with Gasteiger partial charge in [0.15, 0.2) is 5.82 Å². The van der Waals surface area contributed by atoms with E-state index in [1.165, 1.54) is 7.11 Å². The fraction of sp³-hybridized carbons (Fsp3) is 0.727. The Morgan fingerprint density at radius 2 is 2.12 bits per heavy atom. The number of hydrogen-bond donors (Lipinski definition) is 0. The lowest BCUT2D eigenvalue weighted by atomic mass is 10.1. The van der Waals surface area contributed by atoms with Gasteiger partial charge < -0.3 is 9.26 Å². The average molecular weight is 241 g/mol. The molecule has 0 aliphatic heterocycles. The van der Waals surface area contributed by atoms with Gasteiger partial charge in [0, 0.05) is 12.5 Å². The van der Waals surface area contributed by atoms with Crippen LogP contribution < -0.4 is 0 Å². The van der Waals surface area contributed by atoms with Crippen LogP contribution >= 0.6 is 0 Å². The average Bonchev–Trinajstić information content (AvgIpc) is 2.61. The molecule has 0 amide bonds. The molecule has 6 heteroatoms. The summed E-state index contributed by atoms with van der Waals surface area (Å²) in [6, 6.07) is 0. The monoisotopic (exact) mass is 241 g/mol. The predicted molar refractivity (Wildman–Crippen MR) is 61.2 cm³/mol. The molecule has 1 heterocycles. The molecule has 0 saturated heterocycles. The number of carbonyl (C=O) groups excluding carboxylic acids is 1. The molecule has 96 valence electrons.